The number of anilines is 1. The van der Waals surface area contributed by atoms with Crippen LogP contribution in [-0.2, 0) is 11.3 Å². The minimum Gasteiger partial charge on any atom is -0.322 e. The van der Waals surface area contributed by atoms with Crippen molar-refractivity contribution >= 4 is 46.6 Å². The predicted octanol–water partition coefficient (Wildman–Crippen LogP) is 5.09. The summed E-state index contributed by atoms with van der Waals surface area (Å²) in [5.74, 6) is -0.146. The van der Waals surface area contributed by atoms with Gasteiger partial charge >= 0.3 is 0 Å². The summed E-state index contributed by atoms with van der Waals surface area (Å²) in [6.45, 7) is 2.82. The summed E-state index contributed by atoms with van der Waals surface area (Å²) in [6, 6.07) is 11.9. The Hall–Kier alpha value is -1.20. The first-order valence-electron chi connectivity index (χ1n) is 7.46. The van der Waals surface area contributed by atoms with E-state index in [1.807, 2.05) is 31.2 Å². The molecule has 6 heteroatoms. The Balaban J connectivity index is 1.95. The number of hydrogen-bond donors (Lipinski definition) is 1. The van der Waals surface area contributed by atoms with Crippen molar-refractivity contribution in [2.45, 2.75) is 18.4 Å². The maximum absolute atomic E-state index is 12.3. The van der Waals surface area contributed by atoms with Gasteiger partial charge in [0.15, 0.2) is 0 Å². The molecule has 0 radical (unpaired) electrons. The average molecular weight is 383 g/mol. The summed E-state index contributed by atoms with van der Waals surface area (Å²) in [6.07, 6.45) is 2.05. The first kappa shape index (κ1) is 19.1. The van der Waals surface area contributed by atoms with Gasteiger partial charge in [0.25, 0.3) is 0 Å². The third-order valence-electron chi connectivity index (χ3n) is 3.57. The number of nitrogens with zero attached hydrogens (tertiary/aromatic N) is 1. The lowest BCUT2D eigenvalue weighted by Crippen LogP contribution is -2.30. The molecular weight excluding hydrogens is 363 g/mol. The van der Waals surface area contributed by atoms with Crippen LogP contribution in [0.2, 0.25) is 10.0 Å². The normalized spacial score (nSPS) is 10.9. The SMILES string of the molecule is CSc1ccc(CN(C)CC(=O)Nc2c(Cl)ccc(C)c2Cl)cc1. The van der Waals surface area contributed by atoms with E-state index in [-0.39, 0.29) is 12.5 Å². The number of thioether (sulfide) groups is 1. The highest BCUT2D eigenvalue weighted by Crippen LogP contribution is 2.32. The molecule has 0 unspecified atom stereocenters. The number of carbonyl (C=O) groups is 1. The third kappa shape index (κ3) is 5.15. The van der Waals surface area contributed by atoms with Crippen LogP contribution in [0.4, 0.5) is 5.69 Å². The molecule has 24 heavy (non-hydrogen) atoms. The lowest BCUT2D eigenvalue weighted by atomic mass is 10.2. The summed E-state index contributed by atoms with van der Waals surface area (Å²) in [5, 5.41) is 3.72. The zero-order valence-electron chi connectivity index (χ0n) is 13.9. The monoisotopic (exact) mass is 382 g/mol. The number of halogens is 2. The van der Waals surface area contributed by atoms with Crippen LogP contribution in [-0.4, -0.2) is 30.7 Å². The second kappa shape index (κ2) is 8.77. The first-order valence-corrected chi connectivity index (χ1v) is 9.44. The second-order valence-corrected chi connectivity index (χ2v) is 7.29. The van der Waals surface area contributed by atoms with Crippen LogP contribution in [0.1, 0.15) is 11.1 Å². The fraction of sp³-hybridized carbons (Fsp3) is 0.278. The Bertz CT molecular complexity index is 720. The van der Waals surface area contributed by atoms with Gasteiger partial charge < -0.3 is 5.32 Å². The number of nitrogens with one attached hydrogen (secondary N) is 1. The van der Waals surface area contributed by atoms with Gasteiger partial charge in [-0.1, -0.05) is 41.4 Å². The fourth-order valence-electron chi connectivity index (χ4n) is 2.29. The summed E-state index contributed by atoms with van der Waals surface area (Å²) < 4.78 is 0. The number of likely N-dealkylation sites (N-methyl/N-ethyl adjacent to an activating group) is 1. The van der Waals surface area contributed by atoms with E-state index in [0.29, 0.717) is 22.3 Å². The molecule has 0 aliphatic rings. The van der Waals surface area contributed by atoms with Gasteiger partial charge in [-0.15, -0.1) is 11.8 Å². The first-order chi connectivity index (χ1) is 11.4. The van der Waals surface area contributed by atoms with Crippen LogP contribution in [0, 0.1) is 6.92 Å². The zero-order chi connectivity index (χ0) is 17.7. The van der Waals surface area contributed by atoms with Crippen molar-refractivity contribution in [1.82, 2.24) is 4.90 Å². The van der Waals surface area contributed by atoms with Gasteiger partial charge in [-0.2, -0.15) is 0 Å². The quantitative estimate of drug-likeness (QED) is 0.705. The number of rotatable bonds is 6. The van der Waals surface area contributed by atoms with E-state index in [1.54, 1.807) is 17.8 Å². The van der Waals surface area contributed by atoms with Crippen LogP contribution < -0.4 is 5.32 Å². The second-order valence-electron chi connectivity index (χ2n) is 5.62. The molecule has 1 amide bonds. The molecule has 2 aromatic rings. The van der Waals surface area contributed by atoms with E-state index < -0.39 is 0 Å². The highest BCUT2D eigenvalue weighted by atomic mass is 35.5. The molecule has 0 fully saturated rings. The molecule has 0 saturated heterocycles. The number of hydrogen-bond acceptors (Lipinski definition) is 3. The van der Waals surface area contributed by atoms with Crippen LogP contribution in [0.15, 0.2) is 41.3 Å². The van der Waals surface area contributed by atoms with E-state index in [9.17, 15) is 4.79 Å². The molecule has 0 bridgehead atoms. The van der Waals surface area contributed by atoms with Gasteiger partial charge in [-0.25, -0.2) is 0 Å². The molecule has 0 spiro atoms. The van der Waals surface area contributed by atoms with Gasteiger partial charge in [0.2, 0.25) is 5.91 Å². The Morgan fingerprint density at radius 2 is 1.83 bits per heavy atom. The smallest absolute Gasteiger partial charge is 0.238 e. The van der Waals surface area contributed by atoms with Crippen molar-refractivity contribution in [2.24, 2.45) is 0 Å². The molecular formula is C18H20Cl2N2OS. The molecule has 2 aromatic carbocycles. The van der Waals surface area contributed by atoms with Crippen molar-refractivity contribution in [2.75, 3.05) is 25.2 Å². The summed E-state index contributed by atoms with van der Waals surface area (Å²) in [5.41, 5.74) is 2.51. The van der Waals surface area contributed by atoms with Gasteiger partial charge in [-0.3, -0.25) is 9.69 Å². The molecule has 0 aliphatic carbocycles. The Kier molecular flexibility index (Phi) is 6.99. The van der Waals surface area contributed by atoms with E-state index >= 15 is 0 Å². The van der Waals surface area contributed by atoms with E-state index in [2.05, 4.69) is 29.6 Å². The highest BCUT2D eigenvalue weighted by molar-refractivity contribution is 7.98. The zero-order valence-corrected chi connectivity index (χ0v) is 16.2. The maximum Gasteiger partial charge on any atom is 0.238 e. The molecule has 2 rings (SSSR count). The lowest BCUT2D eigenvalue weighted by molar-refractivity contribution is -0.117. The molecule has 0 heterocycles. The van der Waals surface area contributed by atoms with Crippen molar-refractivity contribution in [3.05, 3.63) is 57.6 Å². The van der Waals surface area contributed by atoms with E-state index in [4.69, 9.17) is 23.2 Å². The third-order valence-corrected chi connectivity index (χ3v) is 5.12. The van der Waals surface area contributed by atoms with Crippen molar-refractivity contribution in [1.29, 1.82) is 0 Å². The van der Waals surface area contributed by atoms with Crippen LogP contribution in [0.25, 0.3) is 0 Å². The van der Waals surface area contributed by atoms with Crippen molar-refractivity contribution in [3.63, 3.8) is 0 Å². The molecule has 0 aliphatic heterocycles. The molecule has 128 valence electrons. The molecule has 0 aromatic heterocycles. The summed E-state index contributed by atoms with van der Waals surface area (Å²) >= 11 is 14.1. The number of carbonyl (C=O) groups excluding carboxylic acids is 1. The fourth-order valence-corrected chi connectivity index (χ4v) is 3.17. The van der Waals surface area contributed by atoms with Crippen LogP contribution in [0.5, 0.6) is 0 Å². The van der Waals surface area contributed by atoms with Crippen molar-refractivity contribution in [3.8, 4) is 0 Å². The van der Waals surface area contributed by atoms with Crippen molar-refractivity contribution < 1.29 is 4.79 Å². The molecule has 0 saturated carbocycles. The van der Waals surface area contributed by atoms with Gasteiger partial charge in [-0.05, 0) is 49.6 Å². The average Bonchev–Trinajstić information content (AvgIpc) is 2.55. The Morgan fingerprint density at radius 1 is 1.17 bits per heavy atom. The molecule has 1 N–H and O–H groups in total. The minimum atomic E-state index is -0.146. The summed E-state index contributed by atoms with van der Waals surface area (Å²) in [4.78, 5) is 15.4. The van der Waals surface area contributed by atoms with Gasteiger partial charge in [0.05, 0.1) is 22.3 Å². The Labute approximate surface area is 157 Å². The molecule has 0 atom stereocenters. The highest BCUT2D eigenvalue weighted by Gasteiger charge is 2.13. The number of amides is 1. The van der Waals surface area contributed by atoms with Gasteiger partial charge in [0, 0.05) is 11.4 Å². The number of benzene rings is 2. The lowest BCUT2D eigenvalue weighted by Gasteiger charge is -2.17. The molecule has 3 nitrogen and oxygen atoms in total. The standard InChI is InChI=1S/C18H20Cl2N2OS/c1-12-4-9-15(19)18(17(12)20)21-16(23)11-22(2)10-13-5-7-14(24-3)8-6-13/h4-9H,10-11H2,1-3H3,(H,21,23). The van der Waals surface area contributed by atoms with Crippen LogP contribution >= 0.6 is 35.0 Å². The van der Waals surface area contributed by atoms with Gasteiger partial charge in [0.1, 0.15) is 0 Å². The Morgan fingerprint density at radius 3 is 2.46 bits per heavy atom. The number of aryl methyl sites for hydroxylation is 1. The summed E-state index contributed by atoms with van der Waals surface area (Å²) in [7, 11) is 1.90. The minimum absolute atomic E-state index is 0.146. The van der Waals surface area contributed by atoms with Crippen LogP contribution in [0.3, 0.4) is 0 Å². The topological polar surface area (TPSA) is 32.3 Å². The predicted molar refractivity (Wildman–Crippen MR) is 104 cm³/mol. The maximum atomic E-state index is 12.3. The van der Waals surface area contributed by atoms with E-state index in [1.165, 1.54) is 4.90 Å². The largest absolute Gasteiger partial charge is 0.322 e. The van der Waals surface area contributed by atoms with E-state index in [0.717, 1.165) is 11.1 Å².